The molecule has 0 fully saturated rings. The molecule has 2 aromatic rings. The van der Waals surface area contributed by atoms with E-state index in [4.69, 9.17) is 0 Å². The standard InChI is InChI=1S/C18H28N3/c1-3-4-5-6-7-11-14-18-16-21(19-20(18)2)15-17-12-9-8-10-13-17/h8-10,12-13,16H,3-7,11,14-15H2,1-2H3/q+1. The maximum Gasteiger partial charge on any atom is 0.167 e. The summed E-state index contributed by atoms with van der Waals surface area (Å²) in [5, 5.41) is 4.57. The second-order valence-corrected chi connectivity index (χ2v) is 5.83. The summed E-state index contributed by atoms with van der Waals surface area (Å²) in [6.45, 7) is 3.12. The Bertz CT molecular complexity index is 517. The van der Waals surface area contributed by atoms with Gasteiger partial charge in [0.2, 0.25) is 0 Å². The summed E-state index contributed by atoms with van der Waals surface area (Å²) in [5.41, 5.74) is 2.63. The van der Waals surface area contributed by atoms with Gasteiger partial charge in [0.1, 0.15) is 13.6 Å². The van der Waals surface area contributed by atoms with E-state index in [0.717, 1.165) is 13.0 Å². The Kier molecular flexibility index (Phi) is 6.45. The van der Waals surface area contributed by atoms with Crippen molar-refractivity contribution in [3.63, 3.8) is 0 Å². The highest BCUT2D eigenvalue weighted by Crippen LogP contribution is 2.08. The number of benzene rings is 1. The van der Waals surface area contributed by atoms with Crippen LogP contribution in [0.3, 0.4) is 0 Å². The van der Waals surface area contributed by atoms with E-state index in [9.17, 15) is 0 Å². The number of aromatic nitrogens is 3. The van der Waals surface area contributed by atoms with Gasteiger partial charge in [0.15, 0.2) is 11.9 Å². The first-order valence-corrected chi connectivity index (χ1v) is 8.26. The van der Waals surface area contributed by atoms with Crippen LogP contribution in [0.1, 0.15) is 56.7 Å². The van der Waals surface area contributed by atoms with Crippen molar-refractivity contribution in [1.29, 1.82) is 0 Å². The summed E-state index contributed by atoms with van der Waals surface area (Å²) < 4.78 is 4.07. The lowest BCUT2D eigenvalue weighted by molar-refractivity contribution is -0.747. The molecule has 0 aliphatic carbocycles. The van der Waals surface area contributed by atoms with E-state index in [1.54, 1.807) is 0 Å². The van der Waals surface area contributed by atoms with Crippen LogP contribution in [0.25, 0.3) is 0 Å². The highest BCUT2D eigenvalue weighted by molar-refractivity contribution is 5.13. The number of hydrogen-bond acceptors (Lipinski definition) is 1. The second kappa shape index (κ2) is 8.60. The Labute approximate surface area is 128 Å². The van der Waals surface area contributed by atoms with Crippen LogP contribution in [-0.4, -0.2) is 9.90 Å². The normalized spacial score (nSPS) is 11.0. The van der Waals surface area contributed by atoms with Crippen LogP contribution < -0.4 is 4.68 Å². The van der Waals surface area contributed by atoms with Crippen LogP contribution >= 0.6 is 0 Å². The second-order valence-electron chi connectivity index (χ2n) is 5.83. The molecule has 0 unspecified atom stereocenters. The number of nitrogens with zero attached hydrogens (tertiary/aromatic N) is 3. The van der Waals surface area contributed by atoms with Gasteiger partial charge in [-0.2, -0.15) is 0 Å². The lowest BCUT2D eigenvalue weighted by Gasteiger charge is -1.98. The van der Waals surface area contributed by atoms with Crippen molar-refractivity contribution >= 4 is 0 Å². The number of rotatable bonds is 9. The van der Waals surface area contributed by atoms with E-state index >= 15 is 0 Å². The Morgan fingerprint density at radius 2 is 1.71 bits per heavy atom. The van der Waals surface area contributed by atoms with Gasteiger partial charge in [0, 0.05) is 6.42 Å². The van der Waals surface area contributed by atoms with Gasteiger partial charge in [-0.05, 0) is 12.0 Å². The van der Waals surface area contributed by atoms with Gasteiger partial charge in [0.25, 0.3) is 0 Å². The van der Waals surface area contributed by atoms with E-state index in [1.165, 1.54) is 49.8 Å². The molecule has 3 nitrogen and oxygen atoms in total. The van der Waals surface area contributed by atoms with Crippen molar-refractivity contribution in [2.75, 3.05) is 0 Å². The van der Waals surface area contributed by atoms with Gasteiger partial charge in [-0.15, -0.1) is 9.36 Å². The monoisotopic (exact) mass is 286 g/mol. The molecule has 0 aliphatic heterocycles. The van der Waals surface area contributed by atoms with E-state index in [1.807, 2.05) is 16.4 Å². The summed E-state index contributed by atoms with van der Waals surface area (Å²) >= 11 is 0. The molecule has 0 amide bonds. The Hall–Kier alpha value is -1.64. The molecule has 1 heterocycles. The highest BCUT2D eigenvalue weighted by Gasteiger charge is 2.12. The molecule has 3 heteroatoms. The van der Waals surface area contributed by atoms with Crippen LogP contribution in [0.5, 0.6) is 0 Å². The fourth-order valence-corrected chi connectivity index (χ4v) is 2.67. The molecule has 1 aromatic carbocycles. The molecule has 0 atom stereocenters. The van der Waals surface area contributed by atoms with Gasteiger partial charge in [-0.1, -0.05) is 69.4 Å². The van der Waals surface area contributed by atoms with Crippen LogP contribution in [0.15, 0.2) is 36.5 Å². The van der Waals surface area contributed by atoms with E-state index in [-0.39, 0.29) is 0 Å². The molecule has 0 radical (unpaired) electrons. The Morgan fingerprint density at radius 3 is 2.48 bits per heavy atom. The maximum absolute atomic E-state index is 4.57. The van der Waals surface area contributed by atoms with Gasteiger partial charge in [0.05, 0.1) is 5.21 Å². The van der Waals surface area contributed by atoms with Crippen molar-refractivity contribution in [2.45, 2.75) is 58.4 Å². The van der Waals surface area contributed by atoms with Crippen LogP contribution in [0.4, 0.5) is 0 Å². The molecule has 0 spiro atoms. The molecule has 1 aromatic heterocycles. The van der Waals surface area contributed by atoms with Crippen molar-refractivity contribution < 1.29 is 4.68 Å². The molecule has 0 bridgehead atoms. The number of aryl methyl sites for hydroxylation is 2. The third-order valence-corrected chi connectivity index (χ3v) is 3.94. The minimum Gasteiger partial charge on any atom is -0.137 e. The van der Waals surface area contributed by atoms with Crippen molar-refractivity contribution in [3.05, 3.63) is 47.8 Å². The average molecular weight is 286 g/mol. The lowest BCUT2D eigenvalue weighted by atomic mass is 10.1. The van der Waals surface area contributed by atoms with Crippen LogP contribution in [0, 0.1) is 0 Å². The zero-order valence-corrected chi connectivity index (χ0v) is 13.5. The molecule has 0 aliphatic rings. The lowest BCUT2D eigenvalue weighted by Crippen LogP contribution is -2.36. The van der Waals surface area contributed by atoms with E-state index < -0.39 is 0 Å². The average Bonchev–Trinajstić information content (AvgIpc) is 2.84. The zero-order valence-electron chi connectivity index (χ0n) is 13.5. The molecule has 0 saturated carbocycles. The van der Waals surface area contributed by atoms with Crippen molar-refractivity contribution in [2.24, 2.45) is 7.05 Å². The predicted molar refractivity (Wildman–Crippen MR) is 86.0 cm³/mol. The quantitative estimate of drug-likeness (QED) is 0.509. The number of hydrogen-bond donors (Lipinski definition) is 0. The molecule has 2 rings (SSSR count). The molecule has 21 heavy (non-hydrogen) atoms. The molecule has 114 valence electrons. The van der Waals surface area contributed by atoms with Gasteiger partial charge in [-0.3, -0.25) is 0 Å². The zero-order chi connectivity index (χ0) is 14.9. The van der Waals surface area contributed by atoms with Gasteiger partial charge >= 0.3 is 0 Å². The minimum absolute atomic E-state index is 0.852. The highest BCUT2D eigenvalue weighted by atomic mass is 15.5. The maximum atomic E-state index is 4.57. The van der Waals surface area contributed by atoms with E-state index in [2.05, 4.69) is 48.7 Å². The number of unbranched alkanes of at least 4 members (excludes halogenated alkanes) is 5. The molecular weight excluding hydrogens is 258 g/mol. The fraction of sp³-hybridized carbons (Fsp3) is 0.556. The first-order valence-electron chi connectivity index (χ1n) is 8.26. The largest absolute Gasteiger partial charge is 0.167 e. The summed E-state index contributed by atoms with van der Waals surface area (Å²) in [6, 6.07) is 10.5. The first kappa shape index (κ1) is 15.7. The summed E-state index contributed by atoms with van der Waals surface area (Å²) in [4.78, 5) is 0. The fourth-order valence-electron chi connectivity index (χ4n) is 2.67. The Balaban J connectivity index is 1.79. The summed E-state index contributed by atoms with van der Waals surface area (Å²) in [6.07, 6.45) is 11.4. The minimum atomic E-state index is 0.852. The topological polar surface area (TPSA) is 21.7 Å². The third kappa shape index (κ3) is 5.33. The molecule has 0 N–H and O–H groups in total. The smallest absolute Gasteiger partial charge is 0.137 e. The van der Waals surface area contributed by atoms with Crippen molar-refractivity contribution in [1.82, 2.24) is 9.90 Å². The third-order valence-electron chi connectivity index (χ3n) is 3.94. The molecule has 0 saturated heterocycles. The van der Waals surface area contributed by atoms with Crippen LogP contribution in [-0.2, 0) is 20.0 Å². The van der Waals surface area contributed by atoms with Gasteiger partial charge < -0.3 is 0 Å². The van der Waals surface area contributed by atoms with E-state index in [0.29, 0.717) is 0 Å². The SMILES string of the molecule is CCCCCCCCc1c[n+](Cc2ccccc2)nn1C. The first-order chi connectivity index (χ1) is 10.3. The summed E-state index contributed by atoms with van der Waals surface area (Å²) in [5.74, 6) is 0. The molecular formula is C18H28N3+. The van der Waals surface area contributed by atoms with Crippen molar-refractivity contribution in [3.8, 4) is 0 Å². The Morgan fingerprint density at radius 1 is 1.00 bits per heavy atom. The van der Waals surface area contributed by atoms with Crippen LogP contribution in [0.2, 0.25) is 0 Å². The summed E-state index contributed by atoms with van der Waals surface area (Å²) in [7, 11) is 2.05. The van der Waals surface area contributed by atoms with Gasteiger partial charge in [-0.25, -0.2) is 0 Å². The predicted octanol–water partition coefficient (Wildman–Crippen LogP) is 3.66.